The molecule has 0 aromatic heterocycles. The Kier molecular flexibility index (Phi) is 5.36. The van der Waals surface area contributed by atoms with Crippen molar-refractivity contribution < 1.29 is 0 Å². The Morgan fingerprint density at radius 2 is 1.62 bits per heavy atom. The van der Waals surface area contributed by atoms with Crippen LogP contribution in [0.2, 0.25) is 0 Å². The second-order valence-electron chi connectivity index (χ2n) is 6.54. The van der Waals surface area contributed by atoms with Crippen LogP contribution in [-0.4, -0.2) is 18.2 Å². The third-order valence-corrected chi connectivity index (χ3v) is 4.59. The lowest BCUT2D eigenvalue weighted by molar-refractivity contribution is 0.921. The van der Waals surface area contributed by atoms with Crippen molar-refractivity contribution in [2.75, 3.05) is 23.3 Å². The summed E-state index contributed by atoms with van der Waals surface area (Å²) in [5.41, 5.74) is 6.07. The van der Waals surface area contributed by atoms with E-state index in [1.165, 1.54) is 48.3 Å². The van der Waals surface area contributed by atoms with Gasteiger partial charge >= 0.3 is 0 Å². The molecule has 2 aromatic carbocycles. The van der Waals surface area contributed by atoms with E-state index in [9.17, 15) is 0 Å². The van der Waals surface area contributed by atoms with Crippen LogP contribution in [0.4, 0.5) is 11.4 Å². The van der Waals surface area contributed by atoms with Gasteiger partial charge < -0.3 is 15.5 Å². The quantitative estimate of drug-likeness (QED) is 0.808. The zero-order valence-corrected chi connectivity index (χ0v) is 15.2. The smallest absolute Gasteiger partial charge is 0.171 e. The van der Waals surface area contributed by atoms with Gasteiger partial charge in [-0.25, -0.2) is 0 Å². The highest BCUT2D eigenvalue weighted by Gasteiger charge is 2.11. The molecule has 1 heterocycles. The summed E-state index contributed by atoms with van der Waals surface area (Å²) in [6.45, 7) is 7.28. The minimum atomic E-state index is 0.656. The highest BCUT2D eigenvalue weighted by molar-refractivity contribution is 7.80. The van der Waals surface area contributed by atoms with E-state index in [-0.39, 0.29) is 0 Å². The predicted molar refractivity (Wildman–Crippen MR) is 107 cm³/mol. The number of hydrogen-bond donors (Lipinski definition) is 2. The highest BCUT2D eigenvalue weighted by atomic mass is 32.1. The Bertz CT molecular complexity index is 683. The summed E-state index contributed by atoms with van der Waals surface area (Å²) in [6.07, 6.45) is 2.61. The van der Waals surface area contributed by atoms with Crippen LogP contribution < -0.4 is 15.5 Å². The Labute approximate surface area is 150 Å². The van der Waals surface area contributed by atoms with Gasteiger partial charge in [-0.2, -0.15) is 0 Å². The Morgan fingerprint density at radius 1 is 1.00 bits per heavy atom. The Balaban J connectivity index is 1.52. The van der Waals surface area contributed by atoms with Gasteiger partial charge in [0.2, 0.25) is 0 Å². The average molecular weight is 340 g/mol. The van der Waals surface area contributed by atoms with Gasteiger partial charge in [0.05, 0.1) is 0 Å². The van der Waals surface area contributed by atoms with Crippen molar-refractivity contribution in [1.29, 1.82) is 0 Å². The molecular formula is C20H25N3S. The largest absolute Gasteiger partial charge is 0.372 e. The summed E-state index contributed by atoms with van der Waals surface area (Å²) >= 11 is 5.40. The van der Waals surface area contributed by atoms with Crippen LogP contribution in [0.5, 0.6) is 0 Å². The highest BCUT2D eigenvalue weighted by Crippen LogP contribution is 2.20. The van der Waals surface area contributed by atoms with Crippen LogP contribution in [0.3, 0.4) is 0 Å². The molecule has 24 heavy (non-hydrogen) atoms. The van der Waals surface area contributed by atoms with Crippen molar-refractivity contribution in [2.45, 2.75) is 33.2 Å². The van der Waals surface area contributed by atoms with Gasteiger partial charge in [-0.3, -0.25) is 0 Å². The fourth-order valence-electron chi connectivity index (χ4n) is 3.20. The van der Waals surface area contributed by atoms with Crippen molar-refractivity contribution in [1.82, 2.24) is 5.32 Å². The maximum Gasteiger partial charge on any atom is 0.171 e. The summed E-state index contributed by atoms with van der Waals surface area (Å²) in [4.78, 5) is 2.45. The molecule has 0 spiro atoms. The Morgan fingerprint density at radius 3 is 2.25 bits per heavy atom. The first-order chi connectivity index (χ1) is 11.6. The number of hydrogen-bond acceptors (Lipinski definition) is 2. The average Bonchev–Trinajstić information content (AvgIpc) is 3.07. The molecule has 0 unspecified atom stereocenters. The van der Waals surface area contributed by atoms with Gasteiger partial charge in [0.15, 0.2) is 5.11 Å². The van der Waals surface area contributed by atoms with E-state index >= 15 is 0 Å². The van der Waals surface area contributed by atoms with Gasteiger partial charge in [-0.05, 0) is 79.9 Å². The van der Waals surface area contributed by atoms with Crippen LogP contribution in [0.25, 0.3) is 0 Å². The topological polar surface area (TPSA) is 27.3 Å². The first-order valence-electron chi connectivity index (χ1n) is 8.57. The van der Waals surface area contributed by atoms with E-state index < -0.39 is 0 Å². The molecular weight excluding hydrogens is 314 g/mol. The van der Waals surface area contributed by atoms with Crippen molar-refractivity contribution >= 4 is 28.7 Å². The van der Waals surface area contributed by atoms with E-state index in [0.717, 1.165) is 12.2 Å². The molecule has 126 valence electrons. The maximum absolute atomic E-state index is 5.40. The monoisotopic (exact) mass is 339 g/mol. The Hall–Kier alpha value is -2.07. The molecule has 1 saturated heterocycles. The number of anilines is 2. The van der Waals surface area contributed by atoms with Gasteiger partial charge in [-0.15, -0.1) is 0 Å². The fraction of sp³-hybridized carbons (Fsp3) is 0.350. The minimum absolute atomic E-state index is 0.656. The molecule has 2 aromatic rings. The first-order valence-corrected chi connectivity index (χ1v) is 8.98. The fourth-order valence-corrected chi connectivity index (χ4v) is 3.39. The summed E-state index contributed by atoms with van der Waals surface area (Å²) in [5, 5.41) is 7.20. The van der Waals surface area contributed by atoms with Crippen molar-refractivity contribution in [2.24, 2.45) is 0 Å². The molecule has 1 aliphatic rings. The molecule has 0 atom stereocenters. The van der Waals surface area contributed by atoms with Crippen LogP contribution in [-0.2, 0) is 6.54 Å². The zero-order valence-electron chi connectivity index (χ0n) is 14.4. The molecule has 1 fully saturated rings. The summed E-state index contributed by atoms with van der Waals surface area (Å²) in [7, 11) is 0. The number of thiocarbonyl (C=S) groups is 1. The molecule has 0 radical (unpaired) electrons. The van der Waals surface area contributed by atoms with E-state index in [1.54, 1.807) is 0 Å². The van der Waals surface area contributed by atoms with E-state index in [4.69, 9.17) is 12.2 Å². The molecule has 2 N–H and O–H groups in total. The number of benzene rings is 2. The standard InChI is InChI=1S/C20H25N3S/c1-15-11-16(2)13-18(12-15)22-20(24)21-14-17-5-7-19(8-6-17)23-9-3-4-10-23/h5-8,11-13H,3-4,9-10,14H2,1-2H3,(H2,21,22,24). The third kappa shape index (κ3) is 4.48. The lowest BCUT2D eigenvalue weighted by Crippen LogP contribution is -2.28. The molecule has 1 aliphatic heterocycles. The lowest BCUT2D eigenvalue weighted by Gasteiger charge is -2.18. The zero-order chi connectivity index (χ0) is 16.9. The number of rotatable bonds is 4. The van der Waals surface area contributed by atoms with E-state index in [1.807, 2.05) is 0 Å². The normalized spacial score (nSPS) is 13.8. The molecule has 0 amide bonds. The lowest BCUT2D eigenvalue weighted by atomic mass is 10.1. The second kappa shape index (κ2) is 7.67. The van der Waals surface area contributed by atoms with Crippen molar-refractivity contribution in [3.8, 4) is 0 Å². The first kappa shape index (κ1) is 16.8. The number of nitrogens with zero attached hydrogens (tertiary/aromatic N) is 1. The van der Waals surface area contributed by atoms with Crippen molar-refractivity contribution in [3.63, 3.8) is 0 Å². The van der Waals surface area contributed by atoms with Crippen LogP contribution >= 0.6 is 12.2 Å². The van der Waals surface area contributed by atoms with Crippen LogP contribution in [0, 0.1) is 13.8 Å². The van der Waals surface area contributed by atoms with Crippen molar-refractivity contribution in [3.05, 3.63) is 59.2 Å². The third-order valence-electron chi connectivity index (χ3n) is 4.34. The second-order valence-corrected chi connectivity index (χ2v) is 6.95. The molecule has 0 saturated carbocycles. The number of nitrogens with one attached hydrogen (secondary N) is 2. The predicted octanol–water partition coefficient (Wildman–Crippen LogP) is 4.39. The van der Waals surface area contributed by atoms with Gasteiger partial charge in [0, 0.05) is 31.0 Å². The maximum atomic E-state index is 5.40. The van der Waals surface area contributed by atoms with E-state index in [0.29, 0.717) is 5.11 Å². The number of aryl methyl sites for hydroxylation is 2. The van der Waals surface area contributed by atoms with Gasteiger partial charge in [-0.1, -0.05) is 18.2 Å². The summed E-state index contributed by atoms with van der Waals surface area (Å²) in [5.74, 6) is 0. The molecule has 0 aliphatic carbocycles. The summed E-state index contributed by atoms with van der Waals surface area (Å²) in [6, 6.07) is 15.1. The molecule has 0 bridgehead atoms. The van der Waals surface area contributed by atoms with Gasteiger partial charge in [0.25, 0.3) is 0 Å². The SMILES string of the molecule is Cc1cc(C)cc(NC(=S)NCc2ccc(N3CCCC3)cc2)c1. The van der Waals surface area contributed by atoms with Gasteiger partial charge in [0.1, 0.15) is 0 Å². The molecule has 3 nitrogen and oxygen atoms in total. The van der Waals surface area contributed by atoms with E-state index in [2.05, 4.69) is 71.8 Å². The molecule has 3 rings (SSSR count). The van der Waals surface area contributed by atoms with Crippen LogP contribution in [0.1, 0.15) is 29.5 Å². The van der Waals surface area contributed by atoms with Crippen LogP contribution in [0.15, 0.2) is 42.5 Å². The molecule has 4 heteroatoms. The summed E-state index contributed by atoms with van der Waals surface area (Å²) < 4.78 is 0. The minimum Gasteiger partial charge on any atom is -0.372 e.